The quantitative estimate of drug-likeness (QED) is 0.604. The second kappa shape index (κ2) is 8.77. The fourth-order valence-corrected chi connectivity index (χ4v) is 3.09. The molecule has 0 aliphatic heterocycles. The summed E-state index contributed by atoms with van der Waals surface area (Å²) in [6.07, 6.45) is 2.00. The molecule has 1 unspecified atom stereocenters. The second-order valence-electron chi connectivity index (χ2n) is 7.06. The zero-order chi connectivity index (χ0) is 20.9. The minimum atomic E-state index is -1.53. The molecule has 0 radical (unpaired) electrons. The van der Waals surface area contributed by atoms with Crippen LogP contribution < -0.4 is 15.4 Å². The Morgan fingerprint density at radius 3 is 2.45 bits per heavy atom. The highest BCUT2D eigenvalue weighted by Gasteiger charge is 2.40. The summed E-state index contributed by atoms with van der Waals surface area (Å²) in [5, 5.41) is 15.2. The number of carbonyl (C=O) groups excluding carboxylic acids is 2. The first-order valence-corrected chi connectivity index (χ1v) is 9.58. The number of nitrogens with one attached hydrogen (secondary N) is 2. The molecule has 152 valence electrons. The molecule has 1 saturated carbocycles. The van der Waals surface area contributed by atoms with E-state index in [0.29, 0.717) is 17.0 Å². The normalized spacial score (nSPS) is 15.1. The van der Waals surface area contributed by atoms with Crippen LogP contribution in [0.25, 0.3) is 0 Å². The molecule has 0 bridgehead atoms. The minimum absolute atomic E-state index is 0.0167. The van der Waals surface area contributed by atoms with Gasteiger partial charge in [0.1, 0.15) is 5.75 Å². The summed E-state index contributed by atoms with van der Waals surface area (Å²) < 4.78 is 5.52. The highest BCUT2D eigenvalue weighted by molar-refractivity contribution is 5.94. The molecule has 1 atom stereocenters. The van der Waals surface area contributed by atoms with Crippen molar-refractivity contribution in [3.05, 3.63) is 60.2 Å². The third-order valence-electron chi connectivity index (χ3n) is 4.93. The summed E-state index contributed by atoms with van der Waals surface area (Å²) in [5.41, 5.74) is -0.437. The molecular formula is C22H24N2O5. The molecule has 0 saturated heterocycles. The van der Waals surface area contributed by atoms with Crippen molar-refractivity contribution in [2.24, 2.45) is 5.92 Å². The van der Waals surface area contributed by atoms with E-state index < -0.39 is 17.4 Å². The van der Waals surface area contributed by atoms with Gasteiger partial charge in [-0.2, -0.15) is 0 Å². The van der Waals surface area contributed by atoms with Crippen molar-refractivity contribution < 1.29 is 24.2 Å². The molecule has 1 fully saturated rings. The first-order valence-electron chi connectivity index (χ1n) is 9.58. The zero-order valence-corrected chi connectivity index (χ0v) is 16.2. The summed E-state index contributed by atoms with van der Waals surface area (Å²) in [4.78, 5) is 36.3. The molecule has 7 heteroatoms. The van der Waals surface area contributed by atoms with Crippen molar-refractivity contribution in [3.8, 4) is 5.75 Å². The Hall–Kier alpha value is -3.35. The molecule has 2 amide bonds. The lowest BCUT2D eigenvalue weighted by atomic mass is 9.87. The minimum Gasteiger partial charge on any atom is -0.484 e. The van der Waals surface area contributed by atoms with Crippen molar-refractivity contribution in [2.75, 3.05) is 11.9 Å². The Morgan fingerprint density at radius 1 is 1.10 bits per heavy atom. The smallest absolute Gasteiger partial charge is 0.334 e. The zero-order valence-electron chi connectivity index (χ0n) is 16.2. The molecule has 0 spiro atoms. The van der Waals surface area contributed by atoms with Gasteiger partial charge < -0.3 is 20.5 Å². The third kappa shape index (κ3) is 4.93. The van der Waals surface area contributed by atoms with E-state index >= 15 is 0 Å². The molecule has 0 aromatic heterocycles. The van der Waals surface area contributed by atoms with E-state index in [1.807, 2.05) is 0 Å². The number of carbonyl (C=O) groups is 3. The Morgan fingerprint density at radius 2 is 1.83 bits per heavy atom. The van der Waals surface area contributed by atoms with Crippen LogP contribution in [0.2, 0.25) is 0 Å². The van der Waals surface area contributed by atoms with Crippen LogP contribution in [-0.4, -0.2) is 29.5 Å². The van der Waals surface area contributed by atoms with Crippen LogP contribution in [0.4, 0.5) is 5.69 Å². The van der Waals surface area contributed by atoms with E-state index in [1.54, 1.807) is 61.5 Å². The lowest BCUT2D eigenvalue weighted by molar-refractivity contribution is -0.148. The van der Waals surface area contributed by atoms with Gasteiger partial charge in [-0.3, -0.25) is 9.59 Å². The number of amides is 2. The first-order chi connectivity index (χ1) is 13.9. The van der Waals surface area contributed by atoms with Gasteiger partial charge in [0.25, 0.3) is 5.91 Å². The summed E-state index contributed by atoms with van der Waals surface area (Å²) >= 11 is 0. The fourth-order valence-electron chi connectivity index (χ4n) is 3.09. The molecular weight excluding hydrogens is 372 g/mol. The molecule has 29 heavy (non-hydrogen) atoms. The largest absolute Gasteiger partial charge is 0.484 e. The topological polar surface area (TPSA) is 105 Å². The molecule has 2 aromatic rings. The maximum Gasteiger partial charge on any atom is 0.334 e. The average molecular weight is 396 g/mol. The molecule has 3 rings (SSSR count). The van der Waals surface area contributed by atoms with Crippen LogP contribution in [0.5, 0.6) is 5.75 Å². The van der Waals surface area contributed by atoms with Crippen LogP contribution in [0.1, 0.15) is 31.7 Å². The Balaban J connectivity index is 1.64. The fraction of sp³-hybridized carbons (Fsp3) is 0.318. The number of rotatable bonds is 9. The number of carboxylic acid groups (broad SMARTS) is 1. The van der Waals surface area contributed by atoms with E-state index in [4.69, 9.17) is 4.74 Å². The number of benzene rings is 2. The molecule has 2 aromatic carbocycles. The van der Waals surface area contributed by atoms with E-state index in [0.717, 1.165) is 12.8 Å². The monoisotopic (exact) mass is 396 g/mol. The number of anilines is 1. The predicted octanol–water partition coefficient (Wildman–Crippen LogP) is 2.92. The first kappa shape index (κ1) is 20.4. The van der Waals surface area contributed by atoms with Gasteiger partial charge in [-0.05, 0) is 37.0 Å². The molecule has 1 aliphatic rings. The van der Waals surface area contributed by atoms with Gasteiger partial charge in [0.05, 0.1) is 0 Å². The Bertz CT molecular complexity index is 895. The van der Waals surface area contributed by atoms with Crippen LogP contribution >= 0.6 is 0 Å². The lowest BCUT2D eigenvalue weighted by Gasteiger charge is -2.30. The van der Waals surface area contributed by atoms with E-state index in [9.17, 15) is 19.5 Å². The summed E-state index contributed by atoms with van der Waals surface area (Å²) in [7, 11) is 0. The maximum absolute atomic E-state index is 12.5. The van der Waals surface area contributed by atoms with Crippen molar-refractivity contribution >= 4 is 23.5 Å². The SMILES string of the molecule is CCC(NC(=O)COc1cccc(NC(=O)C2CC2)c1)(C(=O)O)c1ccccc1. The van der Waals surface area contributed by atoms with Gasteiger partial charge in [-0.25, -0.2) is 4.79 Å². The number of aliphatic carboxylic acids is 1. The van der Waals surface area contributed by atoms with Gasteiger partial charge in [-0.1, -0.05) is 43.3 Å². The molecule has 1 aliphatic carbocycles. The second-order valence-corrected chi connectivity index (χ2v) is 7.06. The van der Waals surface area contributed by atoms with Gasteiger partial charge in [0.15, 0.2) is 12.1 Å². The summed E-state index contributed by atoms with van der Waals surface area (Å²) in [6, 6.07) is 15.3. The maximum atomic E-state index is 12.5. The van der Waals surface area contributed by atoms with Crippen LogP contribution in [-0.2, 0) is 19.9 Å². The van der Waals surface area contributed by atoms with Gasteiger partial charge in [-0.15, -0.1) is 0 Å². The van der Waals surface area contributed by atoms with Crippen LogP contribution in [0, 0.1) is 5.92 Å². The van der Waals surface area contributed by atoms with Crippen LogP contribution in [0.3, 0.4) is 0 Å². The number of hydrogen-bond donors (Lipinski definition) is 3. The summed E-state index contributed by atoms with van der Waals surface area (Å²) in [5.74, 6) is -1.21. The van der Waals surface area contributed by atoms with E-state index in [1.165, 1.54) is 0 Å². The van der Waals surface area contributed by atoms with Crippen molar-refractivity contribution in [1.29, 1.82) is 0 Å². The van der Waals surface area contributed by atoms with Crippen LogP contribution in [0.15, 0.2) is 54.6 Å². The third-order valence-corrected chi connectivity index (χ3v) is 4.93. The number of hydrogen-bond acceptors (Lipinski definition) is 4. The standard InChI is InChI=1S/C22H24N2O5/c1-2-22(21(27)28,16-7-4-3-5-8-16)24-19(25)14-29-18-10-6-9-17(13-18)23-20(26)15-11-12-15/h3-10,13,15H,2,11-12,14H2,1H3,(H,23,26)(H,24,25)(H,27,28). The highest BCUT2D eigenvalue weighted by atomic mass is 16.5. The molecule has 0 heterocycles. The predicted molar refractivity (Wildman–Crippen MR) is 107 cm³/mol. The van der Waals surface area contributed by atoms with E-state index in [2.05, 4.69) is 10.6 Å². The number of ether oxygens (including phenoxy) is 1. The van der Waals surface area contributed by atoms with Gasteiger partial charge in [0, 0.05) is 17.7 Å². The van der Waals surface area contributed by atoms with Gasteiger partial charge >= 0.3 is 5.97 Å². The highest BCUT2D eigenvalue weighted by Crippen LogP contribution is 2.30. The van der Waals surface area contributed by atoms with E-state index in [-0.39, 0.29) is 24.9 Å². The Labute approximate surface area is 169 Å². The Kier molecular flexibility index (Phi) is 6.16. The van der Waals surface area contributed by atoms with Gasteiger partial charge in [0.2, 0.25) is 5.91 Å². The average Bonchev–Trinajstić information content (AvgIpc) is 3.57. The molecule has 3 N–H and O–H groups in total. The number of carboxylic acids is 1. The lowest BCUT2D eigenvalue weighted by Crippen LogP contribution is -2.52. The van der Waals surface area contributed by atoms with Crippen molar-refractivity contribution in [1.82, 2.24) is 5.32 Å². The summed E-state index contributed by atoms with van der Waals surface area (Å²) in [6.45, 7) is 1.36. The molecule has 7 nitrogen and oxygen atoms in total. The van der Waals surface area contributed by atoms with Crippen molar-refractivity contribution in [3.63, 3.8) is 0 Å². The van der Waals surface area contributed by atoms with Crippen molar-refractivity contribution in [2.45, 2.75) is 31.7 Å².